The second-order valence-corrected chi connectivity index (χ2v) is 6.36. The molecule has 0 radical (unpaired) electrons. The highest BCUT2D eigenvalue weighted by Gasteiger charge is 2.34. The first-order valence-corrected chi connectivity index (χ1v) is 7.57. The molecule has 1 atom stereocenters. The van der Waals surface area contributed by atoms with E-state index in [0.717, 1.165) is 6.26 Å². The SMILES string of the molecule is O=S(=O)(c1cnoc1)N1CCC(Oc2ccccn2)C1. The third-order valence-corrected chi connectivity index (χ3v) is 4.89. The van der Waals surface area contributed by atoms with Crippen LogP contribution >= 0.6 is 0 Å². The molecule has 3 rings (SSSR count). The number of rotatable bonds is 4. The van der Waals surface area contributed by atoms with Gasteiger partial charge in [-0.1, -0.05) is 11.2 Å². The molecular formula is C12H13N3O4S. The minimum atomic E-state index is -3.54. The van der Waals surface area contributed by atoms with E-state index >= 15 is 0 Å². The summed E-state index contributed by atoms with van der Waals surface area (Å²) in [7, 11) is -3.54. The first-order valence-electron chi connectivity index (χ1n) is 6.13. The van der Waals surface area contributed by atoms with Crippen LogP contribution in [0.3, 0.4) is 0 Å². The Morgan fingerprint density at radius 2 is 2.30 bits per heavy atom. The van der Waals surface area contributed by atoms with E-state index in [2.05, 4.69) is 14.7 Å². The van der Waals surface area contributed by atoms with Gasteiger partial charge in [0, 0.05) is 18.8 Å². The first kappa shape index (κ1) is 13.1. The Morgan fingerprint density at radius 1 is 1.40 bits per heavy atom. The van der Waals surface area contributed by atoms with Crippen LogP contribution in [0.2, 0.25) is 0 Å². The van der Waals surface area contributed by atoms with E-state index in [4.69, 9.17) is 4.74 Å². The Labute approximate surface area is 116 Å². The van der Waals surface area contributed by atoms with E-state index in [0.29, 0.717) is 25.4 Å². The van der Waals surface area contributed by atoms with E-state index in [1.807, 2.05) is 6.07 Å². The smallest absolute Gasteiger partial charge is 0.248 e. The van der Waals surface area contributed by atoms with Gasteiger partial charge in [0.25, 0.3) is 0 Å². The number of hydrogen-bond acceptors (Lipinski definition) is 6. The summed E-state index contributed by atoms with van der Waals surface area (Å²) in [6, 6.07) is 5.37. The van der Waals surface area contributed by atoms with E-state index in [1.165, 1.54) is 10.5 Å². The van der Waals surface area contributed by atoms with Crippen molar-refractivity contribution in [2.75, 3.05) is 13.1 Å². The number of hydrogen-bond donors (Lipinski definition) is 0. The van der Waals surface area contributed by atoms with Gasteiger partial charge in [0.15, 0.2) is 0 Å². The van der Waals surface area contributed by atoms with Crippen LogP contribution in [0.1, 0.15) is 6.42 Å². The molecule has 0 N–H and O–H groups in total. The number of sulfonamides is 1. The summed E-state index contributed by atoms with van der Waals surface area (Å²) in [5.41, 5.74) is 0. The lowest BCUT2D eigenvalue weighted by atomic mass is 10.3. The van der Waals surface area contributed by atoms with Gasteiger partial charge in [-0.2, -0.15) is 4.31 Å². The van der Waals surface area contributed by atoms with Gasteiger partial charge in [0.2, 0.25) is 15.9 Å². The van der Waals surface area contributed by atoms with Crippen molar-refractivity contribution in [1.29, 1.82) is 0 Å². The summed E-state index contributed by atoms with van der Waals surface area (Å²) in [5, 5.41) is 3.42. The molecule has 0 saturated carbocycles. The highest BCUT2D eigenvalue weighted by Crippen LogP contribution is 2.22. The monoisotopic (exact) mass is 295 g/mol. The molecule has 0 bridgehead atoms. The lowest BCUT2D eigenvalue weighted by Gasteiger charge is -2.15. The summed E-state index contributed by atoms with van der Waals surface area (Å²) in [6.45, 7) is 0.703. The molecule has 106 valence electrons. The number of aromatic nitrogens is 2. The second-order valence-electron chi connectivity index (χ2n) is 4.42. The summed E-state index contributed by atoms with van der Waals surface area (Å²) < 4.78 is 36.1. The third kappa shape index (κ3) is 2.52. The predicted molar refractivity (Wildman–Crippen MR) is 68.5 cm³/mol. The summed E-state index contributed by atoms with van der Waals surface area (Å²) in [4.78, 5) is 4.13. The summed E-state index contributed by atoms with van der Waals surface area (Å²) in [5.74, 6) is 0.502. The van der Waals surface area contributed by atoms with Crippen LogP contribution < -0.4 is 4.74 Å². The van der Waals surface area contributed by atoms with E-state index < -0.39 is 10.0 Å². The molecule has 8 heteroatoms. The molecule has 20 heavy (non-hydrogen) atoms. The van der Waals surface area contributed by atoms with E-state index in [-0.39, 0.29) is 11.0 Å². The van der Waals surface area contributed by atoms with Gasteiger partial charge in [-0.15, -0.1) is 0 Å². The van der Waals surface area contributed by atoms with Crippen molar-refractivity contribution in [1.82, 2.24) is 14.4 Å². The van der Waals surface area contributed by atoms with Crippen molar-refractivity contribution >= 4 is 10.0 Å². The maximum absolute atomic E-state index is 12.2. The predicted octanol–water partition coefficient (Wildman–Crippen LogP) is 0.912. The molecule has 1 aliphatic rings. The average Bonchev–Trinajstić information content (AvgIpc) is 3.11. The van der Waals surface area contributed by atoms with Gasteiger partial charge in [0.05, 0.1) is 12.7 Å². The Kier molecular flexibility index (Phi) is 3.41. The Balaban J connectivity index is 1.68. The van der Waals surface area contributed by atoms with Gasteiger partial charge in [-0.3, -0.25) is 0 Å². The van der Waals surface area contributed by atoms with Crippen LogP contribution in [0.4, 0.5) is 0 Å². The maximum atomic E-state index is 12.2. The quantitative estimate of drug-likeness (QED) is 0.833. The molecule has 0 amide bonds. The fourth-order valence-corrected chi connectivity index (χ4v) is 3.42. The fourth-order valence-electron chi connectivity index (χ4n) is 2.07. The van der Waals surface area contributed by atoms with Gasteiger partial charge >= 0.3 is 0 Å². The van der Waals surface area contributed by atoms with Crippen molar-refractivity contribution in [3.05, 3.63) is 36.9 Å². The third-order valence-electron chi connectivity index (χ3n) is 3.08. The van der Waals surface area contributed by atoms with Crippen LogP contribution in [0, 0.1) is 0 Å². The fraction of sp³-hybridized carbons (Fsp3) is 0.333. The lowest BCUT2D eigenvalue weighted by molar-refractivity contribution is 0.207. The van der Waals surface area contributed by atoms with E-state index in [9.17, 15) is 8.42 Å². The zero-order valence-corrected chi connectivity index (χ0v) is 11.4. The Hall–Kier alpha value is -1.93. The standard InChI is InChI=1S/C12H13N3O4S/c16-20(17,11-7-14-18-9-11)15-6-4-10(8-15)19-12-3-1-2-5-13-12/h1-3,5,7,9-10H,4,6,8H2. The molecule has 3 heterocycles. The first-order chi connectivity index (χ1) is 9.66. The van der Waals surface area contributed by atoms with Gasteiger partial charge in [0.1, 0.15) is 17.3 Å². The molecule has 1 fully saturated rings. The van der Waals surface area contributed by atoms with Gasteiger partial charge < -0.3 is 9.26 Å². The van der Waals surface area contributed by atoms with E-state index in [1.54, 1.807) is 18.3 Å². The van der Waals surface area contributed by atoms with Gasteiger partial charge in [-0.25, -0.2) is 13.4 Å². The Bertz CT molecular complexity index is 657. The largest absolute Gasteiger partial charge is 0.473 e. The second kappa shape index (κ2) is 5.22. The van der Waals surface area contributed by atoms with Crippen molar-refractivity contribution in [3.8, 4) is 5.88 Å². The zero-order chi connectivity index (χ0) is 14.0. The number of pyridine rings is 1. The molecule has 1 unspecified atom stereocenters. The summed E-state index contributed by atoms with van der Waals surface area (Å²) in [6.07, 6.45) is 4.39. The van der Waals surface area contributed by atoms with Crippen molar-refractivity contribution in [2.45, 2.75) is 17.4 Å². The molecule has 1 aliphatic heterocycles. The van der Waals surface area contributed by atoms with Crippen LogP contribution in [-0.4, -0.2) is 42.1 Å². The molecule has 0 aromatic carbocycles. The number of ether oxygens (including phenoxy) is 1. The van der Waals surface area contributed by atoms with Crippen molar-refractivity contribution in [3.63, 3.8) is 0 Å². The molecule has 2 aromatic rings. The Morgan fingerprint density at radius 3 is 3.00 bits per heavy atom. The van der Waals surface area contributed by atoms with Crippen LogP contribution in [0.5, 0.6) is 5.88 Å². The van der Waals surface area contributed by atoms with Crippen molar-refractivity contribution < 1.29 is 17.7 Å². The molecule has 7 nitrogen and oxygen atoms in total. The average molecular weight is 295 g/mol. The maximum Gasteiger partial charge on any atom is 0.248 e. The van der Waals surface area contributed by atoms with Crippen LogP contribution in [0.25, 0.3) is 0 Å². The minimum absolute atomic E-state index is 0.0657. The normalized spacial score (nSPS) is 20.1. The van der Waals surface area contributed by atoms with Crippen LogP contribution in [0.15, 0.2) is 46.3 Å². The van der Waals surface area contributed by atoms with Crippen LogP contribution in [-0.2, 0) is 10.0 Å². The van der Waals surface area contributed by atoms with Crippen molar-refractivity contribution in [2.24, 2.45) is 0 Å². The lowest BCUT2D eigenvalue weighted by Crippen LogP contribution is -2.30. The molecular weight excluding hydrogens is 282 g/mol. The molecule has 0 spiro atoms. The highest BCUT2D eigenvalue weighted by atomic mass is 32.2. The molecule has 1 saturated heterocycles. The topological polar surface area (TPSA) is 85.5 Å². The summed E-state index contributed by atoms with van der Waals surface area (Å²) >= 11 is 0. The minimum Gasteiger partial charge on any atom is -0.473 e. The zero-order valence-electron chi connectivity index (χ0n) is 10.5. The number of nitrogens with zero attached hydrogens (tertiary/aromatic N) is 3. The molecule has 2 aromatic heterocycles. The molecule has 0 aliphatic carbocycles. The highest BCUT2D eigenvalue weighted by molar-refractivity contribution is 7.89. The van der Waals surface area contributed by atoms with Gasteiger partial charge in [-0.05, 0) is 12.5 Å².